The Balaban J connectivity index is -0.0000000890. The van der Waals surface area contributed by atoms with Crippen molar-refractivity contribution < 1.29 is 58.8 Å². The second-order valence-electron chi connectivity index (χ2n) is 9.68. The molecule has 12 heteroatoms. The third kappa shape index (κ3) is 41.7. The van der Waals surface area contributed by atoms with Crippen molar-refractivity contribution in [3.63, 3.8) is 0 Å². The minimum atomic E-state index is -1.50. The summed E-state index contributed by atoms with van der Waals surface area (Å²) in [7, 11) is -3.54. The van der Waals surface area contributed by atoms with Crippen molar-refractivity contribution in [3.8, 4) is 0 Å². The van der Waals surface area contributed by atoms with E-state index in [2.05, 4.69) is 19.1 Å². The van der Waals surface area contributed by atoms with Gasteiger partial charge in [0, 0.05) is 0 Å². The van der Waals surface area contributed by atoms with Crippen LogP contribution in [0.1, 0.15) is 119 Å². The van der Waals surface area contributed by atoms with Crippen molar-refractivity contribution in [2.24, 2.45) is 0 Å². The monoisotopic (exact) mass is 841 g/mol. The van der Waals surface area contributed by atoms with Crippen LogP contribution in [-0.2, 0) is 24.5 Å². The van der Waals surface area contributed by atoms with E-state index in [1.54, 1.807) is 48.5 Å². The van der Waals surface area contributed by atoms with E-state index in [4.69, 9.17) is 40.0 Å². The van der Waals surface area contributed by atoms with Crippen LogP contribution in [0.3, 0.4) is 0 Å². The summed E-state index contributed by atoms with van der Waals surface area (Å²) in [6, 6.07) is 42.8. The van der Waals surface area contributed by atoms with Crippen molar-refractivity contribution in [1.29, 1.82) is 0 Å². The Morgan fingerprint density at radius 2 is 0.869 bits per heavy atom. The molecule has 61 heavy (non-hydrogen) atoms. The maximum Gasteiger partial charge on any atom is 1.00 e. The van der Waals surface area contributed by atoms with Crippen LogP contribution in [0.25, 0.3) is 0 Å². The van der Waals surface area contributed by atoms with E-state index in [-0.39, 0.29) is 39.5 Å². The summed E-state index contributed by atoms with van der Waals surface area (Å²) < 4.78 is 4.98. The topological polar surface area (TPSA) is 151 Å². The van der Waals surface area contributed by atoms with E-state index >= 15 is 0 Å². The molecule has 0 atom stereocenters. The number of rotatable bonds is 4. The van der Waals surface area contributed by atoms with E-state index in [1.807, 2.05) is 176 Å². The van der Waals surface area contributed by atoms with Gasteiger partial charge >= 0.3 is 40.2 Å². The quantitative estimate of drug-likeness (QED) is 0.0869. The largest absolute Gasteiger partial charge is 1.00 e. The Morgan fingerprint density at radius 1 is 0.492 bits per heavy atom. The average Bonchev–Trinajstić information content (AvgIpc) is 3.72. The number of fused-ring (bicyclic) bond motifs is 1. The van der Waals surface area contributed by atoms with E-state index < -0.39 is 21.4 Å². The van der Waals surface area contributed by atoms with Gasteiger partial charge < -0.3 is 47.4 Å². The Hall–Kier alpha value is -3.43. The fourth-order valence-corrected chi connectivity index (χ4v) is 3.84. The fourth-order valence-electron chi connectivity index (χ4n) is 3.84. The zero-order valence-electron chi connectivity index (χ0n) is 41.2. The molecule has 5 aromatic carbocycles. The number of aliphatic hydroxyl groups is 2. The van der Waals surface area contributed by atoms with Crippen LogP contribution in [0.15, 0.2) is 140 Å². The smallest absolute Gasteiger partial charge is 0.423 e. The standard InChI is InChI=1S/C7H9BO3.C7H7BO2.C7H8O.C7H8.C6H7BO2.7C2H6.CH3.Li/c9-5-6-3-1-2-4-7(6)8(10)11;9-8-7-4-2-1-3-6(7)5-10-8;8-6-7-4-2-1-3-5-7;1-7-5-3-2-4-6-7;8-7(9)6-4-2-1-3-5-6;7*1-2;;/h1-4,9-11H,5H2;1-4,9H,5H2;1-5,8H,6H2;2-6H,1H3;1-5,8-9H;7*1-2H3;1H3;/q;;;;;;;;;;;;-1;+1. The summed E-state index contributed by atoms with van der Waals surface area (Å²) in [5, 5.41) is 61.2. The molecule has 0 spiro atoms. The number of aryl methyl sites for hydroxylation is 1. The zero-order valence-corrected chi connectivity index (χ0v) is 41.2. The predicted molar refractivity (Wildman–Crippen MR) is 267 cm³/mol. The Morgan fingerprint density at radius 3 is 1.18 bits per heavy atom. The maximum absolute atomic E-state index is 9.16. The van der Waals surface area contributed by atoms with Gasteiger partial charge in [-0.1, -0.05) is 242 Å². The van der Waals surface area contributed by atoms with Crippen molar-refractivity contribution in [2.45, 2.75) is 124 Å². The van der Waals surface area contributed by atoms with Crippen LogP contribution < -0.4 is 35.2 Å². The van der Waals surface area contributed by atoms with Crippen LogP contribution in [-0.4, -0.2) is 56.7 Å². The first-order chi connectivity index (χ1) is 28.8. The molecule has 5 aromatic rings. The van der Waals surface area contributed by atoms with Gasteiger partial charge in [-0.25, -0.2) is 0 Å². The van der Waals surface area contributed by atoms with Gasteiger partial charge in [0.05, 0.1) is 19.8 Å². The van der Waals surface area contributed by atoms with E-state index in [9.17, 15) is 0 Å². The number of hydrogen-bond acceptors (Lipinski definition) is 8. The molecular weight excluding hydrogens is 756 g/mol. The number of hydrogen-bond donors (Lipinski definition) is 7. The molecular formula is C49H84B3LiO8. The van der Waals surface area contributed by atoms with Gasteiger partial charge in [-0.3, -0.25) is 0 Å². The van der Waals surface area contributed by atoms with E-state index in [1.165, 1.54) is 5.56 Å². The number of aliphatic hydroxyl groups excluding tert-OH is 2. The van der Waals surface area contributed by atoms with Gasteiger partial charge in [-0.15, -0.1) is 0 Å². The van der Waals surface area contributed by atoms with Gasteiger partial charge in [-0.2, -0.15) is 0 Å². The molecule has 0 saturated carbocycles. The predicted octanol–water partition coefficient (Wildman–Crippen LogP) is 5.94. The Kier molecular flexibility index (Phi) is 74.8. The molecule has 0 aromatic heterocycles. The van der Waals surface area contributed by atoms with Gasteiger partial charge in [-0.05, 0) is 40.0 Å². The van der Waals surface area contributed by atoms with Crippen LogP contribution in [0.5, 0.6) is 0 Å². The van der Waals surface area contributed by atoms with Crippen molar-refractivity contribution in [3.05, 3.63) is 169 Å². The van der Waals surface area contributed by atoms with Gasteiger partial charge in [0.25, 0.3) is 0 Å². The maximum atomic E-state index is 9.16. The summed E-state index contributed by atoms with van der Waals surface area (Å²) in [6.45, 7) is 30.6. The fraction of sp³-hybridized carbons (Fsp3) is 0.367. The molecule has 0 aliphatic carbocycles. The summed E-state index contributed by atoms with van der Waals surface area (Å²) in [6.07, 6.45) is 0. The Labute approximate surface area is 387 Å². The van der Waals surface area contributed by atoms with Crippen LogP contribution in [0.4, 0.5) is 0 Å². The molecule has 1 heterocycles. The first kappa shape index (κ1) is 75.0. The second kappa shape index (κ2) is 60.9. The van der Waals surface area contributed by atoms with Gasteiger partial charge in [0.15, 0.2) is 0 Å². The normalized spacial score (nSPS) is 8.52. The van der Waals surface area contributed by atoms with Crippen LogP contribution in [0, 0.1) is 14.4 Å². The molecule has 6 rings (SSSR count). The molecule has 7 N–H and O–H groups in total. The zero-order chi connectivity index (χ0) is 46.9. The van der Waals surface area contributed by atoms with E-state index in [0.717, 1.165) is 16.6 Å². The van der Waals surface area contributed by atoms with Crippen LogP contribution in [0.2, 0.25) is 0 Å². The average molecular weight is 841 g/mol. The summed E-state index contributed by atoms with van der Waals surface area (Å²) in [5.74, 6) is 0. The third-order valence-electron chi connectivity index (χ3n) is 6.29. The van der Waals surface area contributed by atoms with Crippen molar-refractivity contribution in [2.75, 3.05) is 0 Å². The first-order valence-corrected chi connectivity index (χ1v) is 21.3. The van der Waals surface area contributed by atoms with Gasteiger partial charge in [0.2, 0.25) is 0 Å². The van der Waals surface area contributed by atoms with Crippen molar-refractivity contribution in [1.82, 2.24) is 0 Å². The molecule has 338 valence electrons. The molecule has 0 fully saturated rings. The molecule has 0 unspecified atom stereocenters. The minimum Gasteiger partial charge on any atom is -0.423 e. The molecule has 8 nitrogen and oxygen atoms in total. The summed E-state index contributed by atoms with van der Waals surface area (Å²) >= 11 is 0. The molecule has 1 aliphatic heterocycles. The van der Waals surface area contributed by atoms with Crippen molar-refractivity contribution >= 4 is 37.7 Å². The summed E-state index contributed by atoms with van der Waals surface area (Å²) in [4.78, 5) is 0. The van der Waals surface area contributed by atoms with Crippen LogP contribution >= 0.6 is 0 Å². The summed E-state index contributed by atoms with van der Waals surface area (Å²) in [5.41, 5.74) is 5.71. The molecule has 0 radical (unpaired) electrons. The molecule has 0 bridgehead atoms. The molecule has 0 amide bonds. The Bertz CT molecular complexity index is 1470. The molecule has 0 saturated heterocycles. The SMILES string of the molecule is CC.CC.CC.CC.CC.CC.CC.Cc1ccccc1.OB(O)c1ccccc1.OB1OCc2ccccc21.OCc1ccccc1.OCc1ccccc1B(O)O.[CH3-].[Li+]. The minimum absolute atomic E-state index is 0. The van der Waals surface area contributed by atoms with E-state index in [0.29, 0.717) is 23.1 Å². The van der Waals surface area contributed by atoms with Gasteiger partial charge in [0.1, 0.15) is 0 Å². The third-order valence-corrected chi connectivity index (χ3v) is 6.29. The molecule has 1 aliphatic rings. The number of benzene rings is 5. The second-order valence-corrected chi connectivity index (χ2v) is 9.68. The first-order valence-electron chi connectivity index (χ1n) is 21.3.